The van der Waals surface area contributed by atoms with Crippen LogP contribution < -0.4 is 4.74 Å². The lowest BCUT2D eigenvalue weighted by Crippen LogP contribution is -1.97. The molecule has 0 spiro atoms. The normalized spacial score (nSPS) is 11.3. The number of halogens is 2. The third kappa shape index (κ3) is 2.74. The maximum atomic E-state index is 5.94. The number of benzene rings is 1. The minimum Gasteiger partial charge on any atom is -0.497 e. The molecule has 4 heteroatoms. The Balaban J connectivity index is 3.34. The number of ether oxygens (including phenoxy) is 1. The summed E-state index contributed by atoms with van der Waals surface area (Å²) in [6.45, 7) is 3.67. The van der Waals surface area contributed by atoms with E-state index in [-0.39, 0.29) is 0 Å². The van der Waals surface area contributed by atoms with Gasteiger partial charge in [-0.3, -0.25) is 4.99 Å². The fraction of sp³-hybridized carbons (Fsp3) is 0.182. The van der Waals surface area contributed by atoms with Crippen molar-refractivity contribution in [3.8, 4) is 5.75 Å². The van der Waals surface area contributed by atoms with Crippen LogP contribution in [0.4, 0.5) is 0 Å². The average Bonchev–Trinajstić information content (AvgIpc) is 2.27. The van der Waals surface area contributed by atoms with E-state index in [0.29, 0.717) is 16.0 Å². The molecule has 1 aromatic carbocycles. The standard InChI is InChI=1S/C11H11Cl2NO/c1-7(12)10-6-8(15-3)4-5-9(10)11(13)14-2/h4-6H,1H2,2-3H3/b14-11+. The number of rotatable bonds is 3. The minimum absolute atomic E-state index is 0.398. The molecule has 0 aliphatic rings. The highest BCUT2D eigenvalue weighted by molar-refractivity contribution is 6.70. The van der Waals surface area contributed by atoms with Crippen molar-refractivity contribution in [3.05, 3.63) is 35.9 Å². The summed E-state index contributed by atoms with van der Waals surface area (Å²) < 4.78 is 5.09. The molecular weight excluding hydrogens is 233 g/mol. The number of aliphatic imine (C=N–C) groups is 1. The number of hydrogen-bond acceptors (Lipinski definition) is 2. The van der Waals surface area contributed by atoms with E-state index >= 15 is 0 Å². The summed E-state index contributed by atoms with van der Waals surface area (Å²) in [7, 11) is 3.21. The lowest BCUT2D eigenvalue weighted by atomic mass is 10.1. The second-order valence-electron chi connectivity index (χ2n) is 2.83. The van der Waals surface area contributed by atoms with Gasteiger partial charge in [0.1, 0.15) is 10.9 Å². The van der Waals surface area contributed by atoms with Crippen molar-refractivity contribution >= 4 is 33.4 Å². The molecule has 0 radical (unpaired) electrons. The summed E-state index contributed by atoms with van der Waals surface area (Å²) in [5.41, 5.74) is 1.48. The topological polar surface area (TPSA) is 21.6 Å². The Labute approximate surface area is 99.2 Å². The van der Waals surface area contributed by atoms with Gasteiger partial charge >= 0.3 is 0 Å². The van der Waals surface area contributed by atoms with Gasteiger partial charge in [-0.15, -0.1) is 0 Å². The first-order valence-corrected chi connectivity index (χ1v) is 5.01. The molecule has 0 amide bonds. The zero-order valence-corrected chi connectivity index (χ0v) is 10.1. The van der Waals surface area contributed by atoms with Gasteiger partial charge in [0.25, 0.3) is 0 Å². The van der Waals surface area contributed by atoms with E-state index in [4.69, 9.17) is 27.9 Å². The summed E-state index contributed by atoms with van der Waals surface area (Å²) in [5.74, 6) is 0.705. The lowest BCUT2D eigenvalue weighted by molar-refractivity contribution is 0.414. The zero-order valence-electron chi connectivity index (χ0n) is 8.55. The van der Waals surface area contributed by atoms with E-state index in [1.165, 1.54) is 0 Å². The fourth-order valence-electron chi connectivity index (χ4n) is 1.18. The van der Waals surface area contributed by atoms with Crippen LogP contribution in [-0.4, -0.2) is 19.3 Å². The quantitative estimate of drug-likeness (QED) is 0.745. The van der Waals surface area contributed by atoms with Gasteiger partial charge in [-0.2, -0.15) is 0 Å². The third-order valence-corrected chi connectivity index (χ3v) is 2.51. The smallest absolute Gasteiger partial charge is 0.131 e. The summed E-state index contributed by atoms with van der Waals surface area (Å²) in [4.78, 5) is 3.90. The molecule has 15 heavy (non-hydrogen) atoms. The molecule has 1 aromatic rings. The minimum atomic E-state index is 0.398. The average molecular weight is 244 g/mol. The predicted octanol–water partition coefficient (Wildman–Crippen LogP) is 3.52. The van der Waals surface area contributed by atoms with Crippen molar-refractivity contribution in [2.24, 2.45) is 4.99 Å². The van der Waals surface area contributed by atoms with Gasteiger partial charge in [0, 0.05) is 23.2 Å². The molecule has 0 aliphatic carbocycles. The molecule has 0 bridgehead atoms. The summed E-state index contributed by atoms with van der Waals surface area (Å²) in [6, 6.07) is 5.38. The highest BCUT2D eigenvalue weighted by atomic mass is 35.5. The maximum Gasteiger partial charge on any atom is 0.131 e. The summed E-state index contributed by atoms with van der Waals surface area (Å²) in [5, 5.41) is 0.806. The molecule has 2 nitrogen and oxygen atoms in total. The highest BCUT2D eigenvalue weighted by Gasteiger charge is 2.09. The van der Waals surface area contributed by atoms with E-state index < -0.39 is 0 Å². The number of hydrogen-bond donors (Lipinski definition) is 0. The summed E-state index contributed by atoms with van der Waals surface area (Å²) in [6.07, 6.45) is 0. The van der Waals surface area contributed by atoms with Crippen molar-refractivity contribution in [3.63, 3.8) is 0 Å². The van der Waals surface area contributed by atoms with Gasteiger partial charge in [-0.25, -0.2) is 0 Å². The molecular formula is C11H11Cl2NO. The largest absolute Gasteiger partial charge is 0.497 e. The van der Waals surface area contributed by atoms with E-state index in [1.807, 2.05) is 0 Å². The first kappa shape index (κ1) is 12.1. The van der Waals surface area contributed by atoms with Crippen LogP contribution in [0.1, 0.15) is 11.1 Å². The first-order chi connectivity index (χ1) is 7.10. The Bertz CT molecular complexity index is 413. The zero-order chi connectivity index (χ0) is 11.4. The van der Waals surface area contributed by atoms with Crippen LogP contribution in [0.15, 0.2) is 29.8 Å². The van der Waals surface area contributed by atoms with Gasteiger partial charge in [-0.1, -0.05) is 29.8 Å². The van der Waals surface area contributed by atoms with Crippen molar-refractivity contribution < 1.29 is 4.74 Å². The lowest BCUT2D eigenvalue weighted by Gasteiger charge is -2.08. The molecule has 0 saturated heterocycles. The third-order valence-electron chi connectivity index (χ3n) is 1.94. The van der Waals surface area contributed by atoms with Crippen molar-refractivity contribution in [2.75, 3.05) is 14.2 Å². The molecule has 0 aromatic heterocycles. The molecule has 1 rings (SSSR count). The molecule has 0 heterocycles. The highest BCUT2D eigenvalue weighted by Crippen LogP contribution is 2.27. The Morgan fingerprint density at radius 1 is 1.33 bits per heavy atom. The Morgan fingerprint density at radius 3 is 2.47 bits per heavy atom. The van der Waals surface area contributed by atoms with Gasteiger partial charge in [0.05, 0.1) is 7.11 Å². The van der Waals surface area contributed by atoms with Crippen molar-refractivity contribution in [1.29, 1.82) is 0 Å². The Hall–Kier alpha value is -0.990. The molecule has 0 atom stereocenters. The summed E-state index contributed by atoms with van der Waals surface area (Å²) >= 11 is 11.8. The van der Waals surface area contributed by atoms with Crippen molar-refractivity contribution in [1.82, 2.24) is 0 Å². The van der Waals surface area contributed by atoms with E-state index in [9.17, 15) is 0 Å². The Kier molecular flexibility index (Phi) is 4.18. The molecule has 0 N–H and O–H groups in total. The molecule has 0 saturated carbocycles. The van der Waals surface area contributed by atoms with Crippen molar-refractivity contribution in [2.45, 2.75) is 0 Å². The monoisotopic (exact) mass is 243 g/mol. The SMILES string of the molecule is C=C(Cl)c1cc(OC)ccc1/C(Cl)=N\C. The second-order valence-corrected chi connectivity index (χ2v) is 3.65. The van der Waals surface area contributed by atoms with Crippen LogP contribution >= 0.6 is 23.2 Å². The van der Waals surface area contributed by atoms with E-state index in [1.54, 1.807) is 32.4 Å². The van der Waals surface area contributed by atoms with Gasteiger partial charge in [0.2, 0.25) is 0 Å². The number of nitrogens with zero attached hydrogens (tertiary/aromatic N) is 1. The maximum absolute atomic E-state index is 5.94. The molecule has 0 aliphatic heterocycles. The van der Waals surface area contributed by atoms with E-state index in [2.05, 4.69) is 11.6 Å². The van der Waals surface area contributed by atoms with Crippen LogP contribution in [0.5, 0.6) is 5.75 Å². The van der Waals surface area contributed by atoms with Crippen LogP contribution in [0.3, 0.4) is 0 Å². The fourth-order valence-corrected chi connectivity index (χ4v) is 1.50. The van der Waals surface area contributed by atoms with Gasteiger partial charge < -0.3 is 4.74 Å². The second kappa shape index (κ2) is 5.19. The van der Waals surface area contributed by atoms with Gasteiger partial charge in [0.15, 0.2) is 0 Å². The van der Waals surface area contributed by atoms with Crippen LogP contribution in [0, 0.1) is 0 Å². The molecule has 0 fully saturated rings. The first-order valence-electron chi connectivity index (χ1n) is 4.25. The van der Waals surface area contributed by atoms with Crippen LogP contribution in [0.25, 0.3) is 5.03 Å². The Morgan fingerprint density at radius 2 is 2.00 bits per heavy atom. The molecule has 0 unspecified atom stereocenters. The van der Waals surface area contributed by atoms with E-state index in [0.717, 1.165) is 11.1 Å². The van der Waals surface area contributed by atoms with Crippen LogP contribution in [-0.2, 0) is 0 Å². The van der Waals surface area contributed by atoms with Gasteiger partial charge in [-0.05, 0) is 18.2 Å². The van der Waals surface area contributed by atoms with Crippen LogP contribution in [0.2, 0.25) is 0 Å². The number of methoxy groups -OCH3 is 1. The molecule has 80 valence electrons. The predicted molar refractivity (Wildman–Crippen MR) is 66.2 cm³/mol.